The Morgan fingerprint density at radius 2 is 1.33 bits per heavy atom. The Hall–Kier alpha value is -1.15. The highest BCUT2D eigenvalue weighted by atomic mass is 16.3. The van der Waals surface area contributed by atoms with E-state index in [0.717, 1.165) is 25.7 Å². The highest BCUT2D eigenvalue weighted by Crippen LogP contribution is 2.31. The van der Waals surface area contributed by atoms with Crippen LogP contribution in [0.4, 0.5) is 0 Å². The number of benzene rings is 1. The number of hydrogen-bond acceptors (Lipinski definition) is 2. The summed E-state index contributed by atoms with van der Waals surface area (Å²) in [6.07, 6.45) is 19.0. The van der Waals surface area contributed by atoms with Gasteiger partial charge >= 0.3 is 0 Å². The number of carbonyl (C=O) groups is 1. The van der Waals surface area contributed by atoms with Gasteiger partial charge in [0.15, 0.2) is 5.78 Å². The zero-order valence-corrected chi connectivity index (χ0v) is 17.5. The number of ketones is 1. The molecular formula is C25H40O2. The molecule has 2 heteroatoms. The first-order valence-electron chi connectivity index (χ1n) is 11.5. The highest BCUT2D eigenvalue weighted by molar-refractivity contribution is 6.02. The number of hydrogen-bond donors (Lipinski definition) is 1. The van der Waals surface area contributed by atoms with Gasteiger partial charge in [0.05, 0.1) is 0 Å². The van der Waals surface area contributed by atoms with Crippen LogP contribution in [-0.4, -0.2) is 16.5 Å². The first kappa shape index (κ1) is 22.1. The maximum Gasteiger partial charge on any atom is 0.194 e. The second-order valence-electron chi connectivity index (χ2n) is 8.55. The molecule has 2 rings (SSSR count). The van der Waals surface area contributed by atoms with Gasteiger partial charge in [-0.1, -0.05) is 108 Å². The molecule has 1 N–H and O–H groups in total. The van der Waals surface area contributed by atoms with Crippen LogP contribution in [0.3, 0.4) is 0 Å². The van der Waals surface area contributed by atoms with E-state index in [2.05, 4.69) is 19.1 Å². The molecule has 2 nitrogen and oxygen atoms in total. The summed E-state index contributed by atoms with van der Waals surface area (Å²) in [6.45, 7) is 2.27. The van der Waals surface area contributed by atoms with Gasteiger partial charge in [-0.25, -0.2) is 0 Å². The Balaban J connectivity index is 1.61. The molecule has 0 amide bonds. The van der Waals surface area contributed by atoms with Crippen LogP contribution in [0, 0.1) is 0 Å². The minimum Gasteiger partial charge on any atom is -0.382 e. The van der Waals surface area contributed by atoms with E-state index >= 15 is 0 Å². The molecule has 1 fully saturated rings. The van der Waals surface area contributed by atoms with Gasteiger partial charge in [-0.3, -0.25) is 4.79 Å². The predicted molar refractivity (Wildman–Crippen MR) is 114 cm³/mol. The van der Waals surface area contributed by atoms with Crippen LogP contribution in [0.1, 0.15) is 119 Å². The van der Waals surface area contributed by atoms with Crippen LogP contribution in [0.5, 0.6) is 0 Å². The maximum atomic E-state index is 12.6. The average molecular weight is 373 g/mol. The predicted octanol–water partition coefficient (Wildman–Crippen LogP) is 7.03. The molecule has 0 bridgehead atoms. The van der Waals surface area contributed by atoms with E-state index in [-0.39, 0.29) is 5.78 Å². The van der Waals surface area contributed by atoms with Crippen LogP contribution in [0.25, 0.3) is 0 Å². The molecule has 0 atom stereocenters. The van der Waals surface area contributed by atoms with E-state index < -0.39 is 5.60 Å². The Bertz CT molecular complexity index is 526. The molecule has 0 saturated heterocycles. The summed E-state index contributed by atoms with van der Waals surface area (Å²) >= 11 is 0. The Labute approximate surface area is 166 Å². The van der Waals surface area contributed by atoms with Gasteiger partial charge < -0.3 is 5.11 Å². The summed E-state index contributed by atoms with van der Waals surface area (Å²) in [5.41, 5.74) is 0.865. The van der Waals surface area contributed by atoms with E-state index in [1.54, 1.807) is 0 Å². The van der Waals surface area contributed by atoms with Gasteiger partial charge in [0, 0.05) is 5.56 Å². The molecule has 0 aromatic heterocycles. The number of aliphatic hydroxyl groups is 1. The Morgan fingerprint density at radius 3 is 1.89 bits per heavy atom. The third-order valence-corrected chi connectivity index (χ3v) is 6.14. The largest absolute Gasteiger partial charge is 0.382 e. The first-order chi connectivity index (χ1) is 13.2. The van der Waals surface area contributed by atoms with Crippen LogP contribution >= 0.6 is 0 Å². The van der Waals surface area contributed by atoms with Crippen molar-refractivity contribution in [2.45, 2.75) is 115 Å². The summed E-state index contributed by atoms with van der Waals surface area (Å²) < 4.78 is 0. The lowest BCUT2D eigenvalue weighted by Crippen LogP contribution is -2.40. The number of rotatable bonds is 13. The molecule has 152 valence electrons. The zero-order valence-electron chi connectivity index (χ0n) is 17.5. The minimum atomic E-state index is -1.11. The van der Waals surface area contributed by atoms with Crippen LogP contribution in [-0.2, 0) is 6.42 Å². The smallest absolute Gasteiger partial charge is 0.194 e. The monoisotopic (exact) mass is 372 g/mol. The van der Waals surface area contributed by atoms with Gasteiger partial charge in [0.1, 0.15) is 5.60 Å². The number of Topliss-reactive ketones (excluding diaryl/α,β-unsaturated/α-hetero) is 1. The fourth-order valence-electron chi connectivity index (χ4n) is 4.27. The van der Waals surface area contributed by atoms with Gasteiger partial charge in [0.25, 0.3) is 0 Å². The van der Waals surface area contributed by atoms with Crippen molar-refractivity contribution in [1.29, 1.82) is 0 Å². The Kier molecular flexibility index (Phi) is 10.1. The standard InChI is InChI=1S/C25H40O2/c1-2-3-4-5-6-7-8-9-10-12-15-22-16-18-23(19-17-22)24(26)25(27)20-13-11-14-21-25/h16-19,27H,2-15,20-21H2,1H3. The number of unbranched alkanes of at least 4 members (excludes halogenated alkanes) is 9. The van der Waals surface area contributed by atoms with Gasteiger partial charge in [-0.15, -0.1) is 0 Å². The topological polar surface area (TPSA) is 37.3 Å². The van der Waals surface area contributed by atoms with E-state index in [4.69, 9.17) is 0 Å². The van der Waals surface area contributed by atoms with Crippen molar-refractivity contribution in [3.63, 3.8) is 0 Å². The number of aryl methyl sites for hydroxylation is 1. The molecular weight excluding hydrogens is 332 g/mol. The fourth-order valence-corrected chi connectivity index (χ4v) is 4.27. The van der Waals surface area contributed by atoms with E-state index in [9.17, 15) is 9.90 Å². The van der Waals surface area contributed by atoms with Crippen LogP contribution in [0.2, 0.25) is 0 Å². The zero-order chi connectivity index (χ0) is 19.4. The van der Waals surface area contributed by atoms with Gasteiger partial charge in [0.2, 0.25) is 0 Å². The molecule has 0 aliphatic heterocycles. The lowest BCUT2D eigenvalue weighted by Gasteiger charge is -2.30. The van der Waals surface area contributed by atoms with E-state index in [1.807, 2.05) is 12.1 Å². The SMILES string of the molecule is CCCCCCCCCCCCc1ccc(C(=O)C2(O)CCCCC2)cc1. The maximum absolute atomic E-state index is 12.6. The molecule has 0 radical (unpaired) electrons. The molecule has 1 aromatic carbocycles. The lowest BCUT2D eigenvalue weighted by atomic mass is 9.79. The third-order valence-electron chi connectivity index (χ3n) is 6.14. The van der Waals surface area contributed by atoms with Crippen molar-refractivity contribution in [3.8, 4) is 0 Å². The molecule has 1 saturated carbocycles. The summed E-state index contributed by atoms with van der Waals surface area (Å²) in [7, 11) is 0. The third kappa shape index (κ3) is 7.78. The molecule has 1 aromatic rings. The Morgan fingerprint density at radius 1 is 0.815 bits per heavy atom. The van der Waals surface area contributed by atoms with Gasteiger partial charge in [-0.2, -0.15) is 0 Å². The van der Waals surface area contributed by atoms with E-state index in [1.165, 1.54) is 69.8 Å². The molecule has 0 unspecified atom stereocenters. The van der Waals surface area contributed by atoms with Crippen LogP contribution < -0.4 is 0 Å². The second-order valence-corrected chi connectivity index (χ2v) is 8.55. The van der Waals surface area contributed by atoms with E-state index in [0.29, 0.717) is 18.4 Å². The van der Waals surface area contributed by atoms with Crippen molar-refractivity contribution in [2.75, 3.05) is 0 Å². The summed E-state index contributed by atoms with van der Waals surface area (Å²) in [5.74, 6) is -0.0762. The molecule has 1 aliphatic rings. The van der Waals surface area contributed by atoms with Crippen molar-refractivity contribution in [3.05, 3.63) is 35.4 Å². The summed E-state index contributed by atoms with van der Waals surface area (Å²) in [6, 6.07) is 7.99. The van der Waals surface area contributed by atoms with Crippen molar-refractivity contribution < 1.29 is 9.90 Å². The second kappa shape index (κ2) is 12.3. The fraction of sp³-hybridized carbons (Fsp3) is 0.720. The van der Waals surface area contributed by atoms with Crippen molar-refractivity contribution >= 4 is 5.78 Å². The molecule has 0 spiro atoms. The van der Waals surface area contributed by atoms with Crippen molar-refractivity contribution in [2.24, 2.45) is 0 Å². The van der Waals surface area contributed by atoms with Crippen LogP contribution in [0.15, 0.2) is 24.3 Å². The normalized spacial score (nSPS) is 16.4. The quantitative estimate of drug-likeness (QED) is 0.298. The summed E-state index contributed by atoms with van der Waals surface area (Å²) in [5, 5.41) is 10.6. The van der Waals surface area contributed by atoms with Crippen molar-refractivity contribution in [1.82, 2.24) is 0 Å². The molecule has 27 heavy (non-hydrogen) atoms. The summed E-state index contributed by atoms with van der Waals surface area (Å²) in [4.78, 5) is 12.6. The highest BCUT2D eigenvalue weighted by Gasteiger charge is 2.37. The van der Waals surface area contributed by atoms with Gasteiger partial charge in [-0.05, 0) is 31.2 Å². The first-order valence-corrected chi connectivity index (χ1v) is 11.5. The molecule has 0 heterocycles. The number of carbonyl (C=O) groups excluding carboxylic acids is 1. The molecule has 1 aliphatic carbocycles. The lowest BCUT2D eigenvalue weighted by molar-refractivity contribution is 0.0116. The average Bonchev–Trinajstić information content (AvgIpc) is 2.70. The minimum absolute atomic E-state index is 0.0762.